The lowest BCUT2D eigenvalue weighted by molar-refractivity contribution is -0.0493. The Kier molecular flexibility index (Phi) is 5.14. The number of hydrogen-bond donors (Lipinski definition) is 1. The third-order valence-electron chi connectivity index (χ3n) is 3.27. The molecule has 0 bridgehead atoms. The zero-order chi connectivity index (χ0) is 15.2. The molecule has 21 heavy (non-hydrogen) atoms. The van der Waals surface area contributed by atoms with Crippen LogP contribution in [0.15, 0.2) is 36.5 Å². The van der Waals surface area contributed by atoms with Crippen LogP contribution in [0.5, 0.6) is 5.75 Å². The van der Waals surface area contributed by atoms with Crippen LogP contribution in [0, 0.1) is 0 Å². The van der Waals surface area contributed by atoms with Crippen LogP contribution in [-0.4, -0.2) is 16.4 Å². The summed E-state index contributed by atoms with van der Waals surface area (Å²) >= 11 is 0. The lowest BCUT2D eigenvalue weighted by Gasteiger charge is -2.12. The van der Waals surface area contributed by atoms with Gasteiger partial charge in [0.2, 0.25) is 0 Å². The lowest BCUT2D eigenvalue weighted by atomic mass is 10.3. The molecule has 1 aromatic carbocycles. The minimum Gasteiger partial charge on any atom is -0.433 e. The third-order valence-corrected chi connectivity index (χ3v) is 3.27. The highest BCUT2D eigenvalue weighted by atomic mass is 19.3. The summed E-state index contributed by atoms with van der Waals surface area (Å²) in [7, 11) is 0. The van der Waals surface area contributed by atoms with Gasteiger partial charge >= 0.3 is 6.61 Å². The van der Waals surface area contributed by atoms with Crippen LogP contribution in [0.2, 0.25) is 0 Å². The molecule has 1 N–H and O–H groups in total. The van der Waals surface area contributed by atoms with Crippen LogP contribution in [-0.2, 0) is 6.54 Å². The van der Waals surface area contributed by atoms with Crippen molar-refractivity contribution in [1.29, 1.82) is 0 Å². The molecule has 0 aliphatic rings. The van der Waals surface area contributed by atoms with E-state index in [0.29, 0.717) is 18.3 Å². The van der Waals surface area contributed by atoms with Crippen LogP contribution in [0.1, 0.15) is 32.0 Å². The summed E-state index contributed by atoms with van der Waals surface area (Å²) in [5, 5.41) is 7.52. The van der Waals surface area contributed by atoms with E-state index in [4.69, 9.17) is 0 Å². The number of halogens is 2. The van der Waals surface area contributed by atoms with Gasteiger partial charge in [0.15, 0.2) is 0 Å². The van der Waals surface area contributed by atoms with E-state index >= 15 is 0 Å². The predicted molar refractivity (Wildman–Crippen MR) is 77.6 cm³/mol. The summed E-state index contributed by atoms with van der Waals surface area (Å²) in [5.41, 5.74) is 1.37. The smallest absolute Gasteiger partial charge is 0.387 e. The average Bonchev–Trinajstić information content (AvgIpc) is 2.94. The monoisotopic (exact) mass is 295 g/mol. The van der Waals surface area contributed by atoms with Gasteiger partial charge in [0.25, 0.3) is 0 Å². The highest BCUT2D eigenvalue weighted by molar-refractivity contribution is 5.56. The molecule has 1 heterocycles. The average molecular weight is 295 g/mol. The highest BCUT2D eigenvalue weighted by Crippen LogP contribution is 2.25. The second kappa shape index (κ2) is 7.06. The molecule has 0 amide bonds. The zero-order valence-corrected chi connectivity index (χ0v) is 12.1. The Morgan fingerprint density at radius 1 is 1.29 bits per heavy atom. The molecule has 2 rings (SSSR count). The van der Waals surface area contributed by atoms with E-state index in [9.17, 15) is 8.78 Å². The van der Waals surface area contributed by atoms with E-state index in [0.717, 1.165) is 12.1 Å². The number of aromatic nitrogens is 2. The van der Waals surface area contributed by atoms with Gasteiger partial charge in [0.1, 0.15) is 5.75 Å². The van der Waals surface area contributed by atoms with E-state index in [-0.39, 0.29) is 5.75 Å². The normalized spacial score (nSPS) is 12.4. The van der Waals surface area contributed by atoms with Crippen molar-refractivity contribution >= 4 is 5.69 Å². The van der Waals surface area contributed by atoms with Gasteiger partial charge in [-0.3, -0.25) is 4.68 Å². The molecule has 6 heteroatoms. The maximum atomic E-state index is 12.3. The number of rotatable bonds is 7. The van der Waals surface area contributed by atoms with Gasteiger partial charge in [0.05, 0.1) is 17.9 Å². The molecular weight excluding hydrogens is 276 g/mol. The van der Waals surface area contributed by atoms with Gasteiger partial charge in [-0.2, -0.15) is 13.9 Å². The fraction of sp³-hybridized carbons (Fsp3) is 0.400. The summed E-state index contributed by atoms with van der Waals surface area (Å²) in [6, 6.07) is 8.87. The Morgan fingerprint density at radius 3 is 2.76 bits per heavy atom. The van der Waals surface area contributed by atoms with E-state index < -0.39 is 6.61 Å². The number of nitrogens with one attached hydrogen (secondary N) is 1. The van der Waals surface area contributed by atoms with Gasteiger partial charge in [-0.25, -0.2) is 0 Å². The summed E-state index contributed by atoms with van der Waals surface area (Å²) in [6.07, 6.45) is 2.92. The van der Waals surface area contributed by atoms with Crippen molar-refractivity contribution in [1.82, 2.24) is 9.78 Å². The maximum Gasteiger partial charge on any atom is 0.387 e. The largest absolute Gasteiger partial charge is 0.433 e. The molecule has 114 valence electrons. The van der Waals surface area contributed by atoms with Crippen LogP contribution in [0.4, 0.5) is 14.5 Å². The van der Waals surface area contributed by atoms with Crippen molar-refractivity contribution in [3.63, 3.8) is 0 Å². The number of alkyl halides is 2. The van der Waals surface area contributed by atoms with E-state index in [1.54, 1.807) is 18.2 Å². The number of ether oxygens (including phenoxy) is 1. The quantitative estimate of drug-likeness (QED) is 0.837. The first-order valence-corrected chi connectivity index (χ1v) is 6.92. The summed E-state index contributed by atoms with van der Waals surface area (Å²) < 4.78 is 31.0. The minimum absolute atomic E-state index is 0.133. The Labute approximate surface area is 122 Å². The lowest BCUT2D eigenvalue weighted by Crippen LogP contribution is -2.08. The van der Waals surface area contributed by atoms with Crippen molar-refractivity contribution < 1.29 is 13.5 Å². The minimum atomic E-state index is -2.84. The molecule has 0 radical (unpaired) electrons. The summed E-state index contributed by atoms with van der Waals surface area (Å²) in [4.78, 5) is 0. The Morgan fingerprint density at radius 2 is 2.05 bits per heavy atom. The highest BCUT2D eigenvalue weighted by Gasteiger charge is 2.09. The van der Waals surface area contributed by atoms with E-state index in [1.807, 2.05) is 16.9 Å². The van der Waals surface area contributed by atoms with Crippen molar-refractivity contribution in [2.24, 2.45) is 0 Å². The molecule has 2 aromatic rings. The summed E-state index contributed by atoms with van der Waals surface area (Å²) in [6.45, 7) is 1.81. The molecule has 4 nitrogen and oxygen atoms in total. The molecule has 0 spiro atoms. The molecule has 0 fully saturated rings. The van der Waals surface area contributed by atoms with Gasteiger partial charge in [-0.15, -0.1) is 0 Å². The Balaban J connectivity index is 2.01. The zero-order valence-electron chi connectivity index (χ0n) is 12.1. The van der Waals surface area contributed by atoms with Gasteiger partial charge in [-0.1, -0.05) is 19.1 Å². The van der Waals surface area contributed by atoms with E-state index in [1.165, 1.54) is 6.07 Å². The standard InChI is InChI=1S/C15H19F2N3O/c1-3-11(2)20-9-8-12(19-20)10-18-13-6-4-5-7-14(13)21-15(16)17/h4-9,11,15,18H,3,10H2,1-2H3. The molecule has 1 unspecified atom stereocenters. The predicted octanol–water partition coefficient (Wildman–Crippen LogP) is 4.07. The summed E-state index contributed by atoms with van der Waals surface area (Å²) in [5.74, 6) is 0.133. The van der Waals surface area contributed by atoms with Gasteiger partial charge in [0, 0.05) is 12.2 Å². The van der Waals surface area contributed by atoms with Crippen LogP contribution in [0.25, 0.3) is 0 Å². The Bertz CT molecular complexity index is 572. The van der Waals surface area contributed by atoms with Crippen molar-refractivity contribution in [2.45, 2.75) is 39.5 Å². The van der Waals surface area contributed by atoms with E-state index in [2.05, 4.69) is 29.0 Å². The number of benzene rings is 1. The Hall–Kier alpha value is -2.11. The second-order valence-electron chi connectivity index (χ2n) is 4.77. The van der Waals surface area contributed by atoms with Crippen LogP contribution in [0.3, 0.4) is 0 Å². The molecular formula is C15H19F2N3O. The second-order valence-corrected chi connectivity index (χ2v) is 4.77. The maximum absolute atomic E-state index is 12.3. The topological polar surface area (TPSA) is 39.1 Å². The molecule has 0 saturated heterocycles. The molecule has 1 aromatic heterocycles. The molecule has 0 saturated carbocycles. The van der Waals surface area contributed by atoms with Gasteiger partial charge < -0.3 is 10.1 Å². The number of hydrogen-bond acceptors (Lipinski definition) is 3. The van der Waals surface area contributed by atoms with Gasteiger partial charge in [-0.05, 0) is 31.5 Å². The van der Waals surface area contributed by atoms with Crippen molar-refractivity contribution in [2.75, 3.05) is 5.32 Å². The molecule has 1 atom stereocenters. The number of nitrogens with zero attached hydrogens (tertiary/aromatic N) is 2. The first kappa shape index (κ1) is 15.3. The third kappa shape index (κ3) is 4.18. The molecule has 0 aliphatic carbocycles. The molecule has 0 aliphatic heterocycles. The van der Waals surface area contributed by atoms with Crippen molar-refractivity contribution in [3.05, 3.63) is 42.2 Å². The fourth-order valence-electron chi connectivity index (χ4n) is 1.90. The first-order valence-electron chi connectivity index (χ1n) is 6.92. The van der Waals surface area contributed by atoms with Crippen LogP contribution >= 0.6 is 0 Å². The fourth-order valence-corrected chi connectivity index (χ4v) is 1.90. The number of anilines is 1. The first-order chi connectivity index (χ1) is 10.1. The number of para-hydroxylation sites is 2. The van der Waals surface area contributed by atoms with Crippen LogP contribution < -0.4 is 10.1 Å². The SMILES string of the molecule is CCC(C)n1ccc(CNc2ccccc2OC(F)F)n1. The van der Waals surface area contributed by atoms with Crippen molar-refractivity contribution in [3.8, 4) is 5.75 Å².